The number of aryl methyl sites for hydroxylation is 1. The third kappa shape index (κ3) is 6.98. The van der Waals surface area contributed by atoms with E-state index in [1.54, 1.807) is 24.0 Å². The highest BCUT2D eigenvalue weighted by molar-refractivity contribution is 7.89. The van der Waals surface area contributed by atoms with Crippen LogP contribution in [0.5, 0.6) is 0 Å². The molecule has 1 heterocycles. The lowest BCUT2D eigenvalue weighted by atomic mass is 10.0. The van der Waals surface area contributed by atoms with Crippen LogP contribution in [0.2, 0.25) is 0 Å². The largest absolute Gasteiger partial charge is 0.450 e. The molecule has 0 aromatic heterocycles. The van der Waals surface area contributed by atoms with Crippen LogP contribution in [-0.4, -0.2) is 57.1 Å². The molecule has 1 saturated heterocycles. The summed E-state index contributed by atoms with van der Waals surface area (Å²) in [5, 5.41) is 2.95. The van der Waals surface area contributed by atoms with Crippen LogP contribution in [0, 0.1) is 12.8 Å². The lowest BCUT2D eigenvalue weighted by Gasteiger charge is -2.32. The minimum atomic E-state index is -3.81. The number of likely N-dealkylation sites (tertiary alicyclic amines) is 1. The molecule has 1 aromatic carbocycles. The predicted molar refractivity (Wildman–Crippen MR) is 115 cm³/mol. The highest BCUT2D eigenvalue weighted by atomic mass is 32.2. The van der Waals surface area contributed by atoms with Crippen molar-refractivity contribution in [2.24, 2.45) is 5.92 Å². The van der Waals surface area contributed by atoms with Crippen molar-refractivity contribution in [1.29, 1.82) is 0 Å². The molecule has 2 rings (SSSR count). The molecule has 1 atom stereocenters. The van der Waals surface area contributed by atoms with Crippen LogP contribution in [0.25, 0.3) is 0 Å². The lowest BCUT2D eigenvalue weighted by molar-refractivity contribution is -0.124. The van der Waals surface area contributed by atoms with Gasteiger partial charge in [-0.3, -0.25) is 4.79 Å². The second-order valence-electron chi connectivity index (χ2n) is 8.09. The molecule has 8 nitrogen and oxygen atoms in total. The monoisotopic (exact) mass is 439 g/mol. The summed E-state index contributed by atoms with van der Waals surface area (Å²) in [5.41, 5.74) is 0.958. The Bertz CT molecular complexity index is 816. The van der Waals surface area contributed by atoms with Crippen LogP contribution in [0.15, 0.2) is 29.2 Å². The first-order chi connectivity index (χ1) is 14.1. The first kappa shape index (κ1) is 24.1. The molecule has 1 aliphatic heterocycles. The van der Waals surface area contributed by atoms with E-state index < -0.39 is 16.1 Å². The minimum absolute atomic E-state index is 0.110. The second kappa shape index (κ2) is 10.8. The van der Waals surface area contributed by atoms with Gasteiger partial charge in [0.15, 0.2) is 0 Å². The fourth-order valence-electron chi connectivity index (χ4n) is 3.38. The number of hydrogen-bond acceptors (Lipinski definition) is 5. The summed E-state index contributed by atoms with van der Waals surface area (Å²) >= 11 is 0. The number of ether oxygens (including phenoxy) is 1. The number of carbonyl (C=O) groups excluding carboxylic acids is 2. The zero-order chi connectivity index (χ0) is 22.3. The minimum Gasteiger partial charge on any atom is -0.450 e. The maximum atomic E-state index is 12.9. The molecule has 0 bridgehead atoms. The molecule has 2 amide bonds. The fourth-order valence-corrected chi connectivity index (χ4v) is 4.58. The van der Waals surface area contributed by atoms with Crippen molar-refractivity contribution in [2.45, 2.75) is 63.9 Å². The molecule has 0 radical (unpaired) electrons. The van der Waals surface area contributed by atoms with E-state index in [0.717, 1.165) is 5.56 Å². The molecule has 1 aliphatic rings. The first-order valence-corrected chi connectivity index (χ1v) is 11.9. The van der Waals surface area contributed by atoms with Crippen LogP contribution in [0.4, 0.5) is 4.79 Å². The number of nitrogens with one attached hydrogen (secondary N) is 2. The van der Waals surface area contributed by atoms with E-state index in [1.807, 2.05) is 20.8 Å². The normalized spacial score (nSPS) is 16.4. The Morgan fingerprint density at radius 2 is 1.77 bits per heavy atom. The van der Waals surface area contributed by atoms with Gasteiger partial charge in [0, 0.05) is 19.1 Å². The smallest absolute Gasteiger partial charge is 0.409 e. The summed E-state index contributed by atoms with van der Waals surface area (Å²) in [4.78, 5) is 26.5. The molecule has 0 saturated carbocycles. The van der Waals surface area contributed by atoms with Gasteiger partial charge in [-0.15, -0.1) is 0 Å². The number of benzene rings is 1. The summed E-state index contributed by atoms with van der Waals surface area (Å²) in [7, 11) is -3.81. The molecule has 30 heavy (non-hydrogen) atoms. The Balaban J connectivity index is 2.00. The third-order valence-electron chi connectivity index (χ3n) is 5.02. The van der Waals surface area contributed by atoms with Gasteiger partial charge in [0.2, 0.25) is 15.9 Å². The highest BCUT2D eigenvalue weighted by Crippen LogP contribution is 2.15. The van der Waals surface area contributed by atoms with Gasteiger partial charge < -0.3 is 15.0 Å². The van der Waals surface area contributed by atoms with Gasteiger partial charge in [-0.2, -0.15) is 4.72 Å². The van der Waals surface area contributed by atoms with Crippen molar-refractivity contribution in [3.05, 3.63) is 29.8 Å². The lowest BCUT2D eigenvalue weighted by Crippen LogP contribution is -2.53. The number of nitrogens with zero attached hydrogens (tertiary/aromatic N) is 1. The van der Waals surface area contributed by atoms with E-state index in [-0.39, 0.29) is 28.9 Å². The van der Waals surface area contributed by atoms with Gasteiger partial charge in [-0.25, -0.2) is 13.2 Å². The van der Waals surface area contributed by atoms with Crippen LogP contribution < -0.4 is 10.0 Å². The van der Waals surface area contributed by atoms with Gasteiger partial charge in [0.25, 0.3) is 0 Å². The highest BCUT2D eigenvalue weighted by Gasteiger charge is 2.30. The zero-order valence-corrected chi connectivity index (χ0v) is 19.0. The molecule has 2 N–H and O–H groups in total. The van der Waals surface area contributed by atoms with Gasteiger partial charge in [-0.1, -0.05) is 31.5 Å². The van der Waals surface area contributed by atoms with Crippen molar-refractivity contribution in [3.63, 3.8) is 0 Å². The molecule has 168 valence electrons. The summed E-state index contributed by atoms with van der Waals surface area (Å²) < 4.78 is 33.1. The van der Waals surface area contributed by atoms with E-state index in [1.165, 1.54) is 12.1 Å². The van der Waals surface area contributed by atoms with E-state index in [9.17, 15) is 18.0 Å². The SMILES string of the molecule is CCOC(=O)N1CCC(NC(=O)C(CC(C)C)NS(=O)(=O)c2ccc(C)cc2)CC1. The van der Waals surface area contributed by atoms with Gasteiger partial charge in [0.1, 0.15) is 6.04 Å². The van der Waals surface area contributed by atoms with E-state index in [2.05, 4.69) is 10.0 Å². The standard InChI is InChI=1S/C21H33N3O5S/c1-5-29-21(26)24-12-10-17(11-13-24)22-20(25)19(14-15(2)3)23-30(27,28)18-8-6-16(4)7-9-18/h6-9,15,17,19,23H,5,10-14H2,1-4H3,(H,22,25). The Labute approximate surface area is 179 Å². The van der Waals surface area contributed by atoms with E-state index in [0.29, 0.717) is 39.0 Å². The zero-order valence-electron chi connectivity index (χ0n) is 18.2. The molecule has 9 heteroatoms. The summed E-state index contributed by atoms with van der Waals surface area (Å²) in [6, 6.07) is 5.55. The van der Waals surface area contributed by atoms with Crippen molar-refractivity contribution >= 4 is 22.0 Å². The molecular formula is C21H33N3O5S. The Kier molecular flexibility index (Phi) is 8.66. The number of hydrogen-bond donors (Lipinski definition) is 2. The van der Waals surface area contributed by atoms with E-state index in [4.69, 9.17) is 4.74 Å². The van der Waals surface area contributed by atoms with Crippen molar-refractivity contribution in [3.8, 4) is 0 Å². The first-order valence-electron chi connectivity index (χ1n) is 10.4. The number of rotatable bonds is 8. The fraction of sp³-hybridized carbons (Fsp3) is 0.619. The van der Waals surface area contributed by atoms with Gasteiger partial charge >= 0.3 is 6.09 Å². The molecule has 0 aliphatic carbocycles. The van der Waals surface area contributed by atoms with Crippen LogP contribution in [0.3, 0.4) is 0 Å². The number of sulfonamides is 1. The molecule has 0 spiro atoms. The van der Waals surface area contributed by atoms with Crippen LogP contribution >= 0.6 is 0 Å². The number of amides is 2. The summed E-state index contributed by atoms with van der Waals surface area (Å²) in [5.74, 6) is -0.207. The molecular weight excluding hydrogens is 406 g/mol. The quantitative estimate of drug-likeness (QED) is 0.647. The van der Waals surface area contributed by atoms with Crippen LogP contribution in [0.1, 0.15) is 45.6 Å². The summed E-state index contributed by atoms with van der Waals surface area (Å²) in [6.07, 6.45) is 1.25. The van der Waals surface area contributed by atoms with E-state index >= 15 is 0 Å². The maximum absolute atomic E-state index is 12.9. The number of piperidine rings is 1. The maximum Gasteiger partial charge on any atom is 0.409 e. The van der Waals surface area contributed by atoms with Crippen LogP contribution in [-0.2, 0) is 19.6 Å². The molecule has 1 unspecified atom stereocenters. The third-order valence-corrected chi connectivity index (χ3v) is 6.51. The number of carbonyl (C=O) groups is 2. The average molecular weight is 440 g/mol. The van der Waals surface area contributed by atoms with Crippen molar-refractivity contribution in [2.75, 3.05) is 19.7 Å². The van der Waals surface area contributed by atoms with Crippen molar-refractivity contribution < 1.29 is 22.7 Å². The topological polar surface area (TPSA) is 105 Å². The van der Waals surface area contributed by atoms with Gasteiger partial charge in [0.05, 0.1) is 11.5 Å². The predicted octanol–water partition coefficient (Wildman–Crippen LogP) is 2.43. The second-order valence-corrected chi connectivity index (χ2v) is 9.80. The Hall–Kier alpha value is -2.13. The Morgan fingerprint density at radius 3 is 2.30 bits per heavy atom. The van der Waals surface area contributed by atoms with Crippen molar-refractivity contribution in [1.82, 2.24) is 14.9 Å². The Morgan fingerprint density at radius 1 is 1.17 bits per heavy atom. The molecule has 1 aromatic rings. The van der Waals surface area contributed by atoms with Gasteiger partial charge in [-0.05, 0) is 51.2 Å². The average Bonchev–Trinajstić information content (AvgIpc) is 2.68. The summed E-state index contributed by atoms with van der Waals surface area (Å²) in [6.45, 7) is 8.84. The molecule has 1 fully saturated rings.